The lowest BCUT2D eigenvalue weighted by Gasteiger charge is -2.19. The third kappa shape index (κ3) is 3.23. The van der Waals surface area contributed by atoms with Crippen LogP contribution in [0, 0.1) is 3.57 Å². The SMILES string of the molecule is CC(CCc1ccc(I)cc1)NC1CCc2[nH]ncc21. The van der Waals surface area contributed by atoms with Gasteiger partial charge in [0.1, 0.15) is 0 Å². The number of halogens is 1. The topological polar surface area (TPSA) is 40.7 Å². The van der Waals surface area contributed by atoms with Crippen LogP contribution in [0.5, 0.6) is 0 Å². The van der Waals surface area contributed by atoms with Gasteiger partial charge >= 0.3 is 0 Å². The average molecular weight is 381 g/mol. The van der Waals surface area contributed by atoms with Crippen LogP contribution in [-0.4, -0.2) is 16.2 Å². The molecule has 1 aromatic carbocycles. The van der Waals surface area contributed by atoms with Gasteiger partial charge in [-0.15, -0.1) is 0 Å². The predicted molar refractivity (Wildman–Crippen MR) is 89.7 cm³/mol. The van der Waals surface area contributed by atoms with Crippen LogP contribution < -0.4 is 5.32 Å². The summed E-state index contributed by atoms with van der Waals surface area (Å²) in [4.78, 5) is 0. The zero-order valence-electron chi connectivity index (χ0n) is 11.7. The second-order valence-electron chi connectivity index (χ2n) is 5.63. The summed E-state index contributed by atoms with van der Waals surface area (Å²) in [6.45, 7) is 2.28. The van der Waals surface area contributed by atoms with E-state index >= 15 is 0 Å². The highest BCUT2D eigenvalue weighted by Crippen LogP contribution is 2.29. The standard InChI is InChI=1S/C16H20IN3/c1-11(2-3-12-4-6-13(17)7-5-12)19-15-8-9-16-14(15)10-18-20-16/h4-7,10-11,15,19H,2-3,8-9H2,1H3,(H,18,20). The van der Waals surface area contributed by atoms with E-state index in [-0.39, 0.29) is 0 Å². The number of aromatic amines is 1. The number of aryl methyl sites for hydroxylation is 2. The molecule has 0 amide bonds. The minimum atomic E-state index is 0.482. The number of hydrogen-bond acceptors (Lipinski definition) is 2. The first-order valence-electron chi connectivity index (χ1n) is 7.25. The minimum Gasteiger partial charge on any atom is -0.307 e. The summed E-state index contributed by atoms with van der Waals surface area (Å²) in [5.74, 6) is 0. The summed E-state index contributed by atoms with van der Waals surface area (Å²) >= 11 is 2.35. The molecule has 2 atom stereocenters. The normalized spacial score (nSPS) is 19.0. The summed E-state index contributed by atoms with van der Waals surface area (Å²) in [6, 6.07) is 9.85. The van der Waals surface area contributed by atoms with Crippen LogP contribution in [0.4, 0.5) is 0 Å². The van der Waals surface area contributed by atoms with E-state index in [2.05, 4.69) is 69.3 Å². The molecule has 0 fully saturated rings. The van der Waals surface area contributed by atoms with Gasteiger partial charge in [0.2, 0.25) is 0 Å². The van der Waals surface area contributed by atoms with Crippen LogP contribution in [0.1, 0.15) is 42.6 Å². The van der Waals surface area contributed by atoms with Gasteiger partial charge in [-0.3, -0.25) is 5.10 Å². The quantitative estimate of drug-likeness (QED) is 0.777. The first kappa shape index (κ1) is 14.1. The second-order valence-corrected chi connectivity index (χ2v) is 6.87. The van der Waals surface area contributed by atoms with Crippen molar-refractivity contribution < 1.29 is 0 Å². The molecule has 0 saturated heterocycles. The molecule has 0 radical (unpaired) electrons. The van der Waals surface area contributed by atoms with Gasteiger partial charge in [-0.25, -0.2) is 0 Å². The van der Waals surface area contributed by atoms with E-state index in [0.29, 0.717) is 12.1 Å². The smallest absolute Gasteiger partial charge is 0.0538 e. The third-order valence-corrected chi connectivity index (χ3v) is 4.79. The van der Waals surface area contributed by atoms with Crippen LogP contribution in [0.2, 0.25) is 0 Å². The van der Waals surface area contributed by atoms with Gasteiger partial charge in [-0.05, 0) is 72.9 Å². The van der Waals surface area contributed by atoms with Gasteiger partial charge in [-0.1, -0.05) is 12.1 Å². The fourth-order valence-electron chi connectivity index (χ4n) is 2.90. The molecule has 1 aliphatic rings. The Kier molecular flexibility index (Phi) is 4.41. The van der Waals surface area contributed by atoms with Crippen LogP contribution in [0.15, 0.2) is 30.5 Å². The van der Waals surface area contributed by atoms with Crippen molar-refractivity contribution in [2.45, 2.75) is 44.7 Å². The number of benzene rings is 1. The molecule has 1 aromatic heterocycles. The Morgan fingerprint density at radius 3 is 3.00 bits per heavy atom. The van der Waals surface area contributed by atoms with E-state index in [1.807, 2.05) is 6.20 Å². The van der Waals surface area contributed by atoms with E-state index in [4.69, 9.17) is 0 Å². The predicted octanol–water partition coefficient (Wildman–Crippen LogP) is 3.61. The Morgan fingerprint density at radius 1 is 1.40 bits per heavy atom. The number of nitrogens with zero attached hydrogens (tertiary/aromatic N) is 1. The molecule has 3 nitrogen and oxygen atoms in total. The highest BCUT2D eigenvalue weighted by Gasteiger charge is 2.24. The molecule has 1 heterocycles. The van der Waals surface area contributed by atoms with Crippen molar-refractivity contribution in [3.63, 3.8) is 0 Å². The molecule has 0 bridgehead atoms. The molecule has 4 heteroatoms. The molecule has 3 rings (SSSR count). The molecular formula is C16H20IN3. The first-order valence-corrected chi connectivity index (χ1v) is 8.33. The Bertz CT molecular complexity index is 561. The summed E-state index contributed by atoms with van der Waals surface area (Å²) in [5.41, 5.74) is 4.10. The fraction of sp³-hybridized carbons (Fsp3) is 0.438. The molecule has 20 heavy (non-hydrogen) atoms. The number of nitrogens with one attached hydrogen (secondary N) is 2. The van der Waals surface area contributed by atoms with Gasteiger partial charge in [0, 0.05) is 26.9 Å². The molecule has 1 aliphatic carbocycles. The van der Waals surface area contributed by atoms with Crippen molar-refractivity contribution in [1.29, 1.82) is 0 Å². The molecule has 2 N–H and O–H groups in total. The Hall–Kier alpha value is -0.880. The first-order chi connectivity index (χ1) is 9.72. The van der Waals surface area contributed by atoms with Gasteiger partial charge in [-0.2, -0.15) is 5.10 Å². The zero-order chi connectivity index (χ0) is 13.9. The van der Waals surface area contributed by atoms with E-state index < -0.39 is 0 Å². The number of H-pyrrole nitrogens is 1. The van der Waals surface area contributed by atoms with Crippen molar-refractivity contribution >= 4 is 22.6 Å². The highest BCUT2D eigenvalue weighted by atomic mass is 127. The fourth-order valence-corrected chi connectivity index (χ4v) is 3.26. The molecule has 106 valence electrons. The van der Waals surface area contributed by atoms with Gasteiger partial charge < -0.3 is 5.32 Å². The van der Waals surface area contributed by atoms with Crippen LogP contribution in [-0.2, 0) is 12.8 Å². The second kappa shape index (κ2) is 6.26. The maximum Gasteiger partial charge on any atom is 0.0538 e. The summed E-state index contributed by atoms with van der Waals surface area (Å²) in [5, 5.41) is 11.0. The lowest BCUT2D eigenvalue weighted by Crippen LogP contribution is -2.29. The molecule has 0 saturated carbocycles. The third-order valence-electron chi connectivity index (χ3n) is 4.08. The van der Waals surface area contributed by atoms with E-state index in [1.54, 1.807) is 0 Å². The number of fused-ring (bicyclic) bond motifs is 1. The number of rotatable bonds is 5. The van der Waals surface area contributed by atoms with E-state index in [1.165, 1.54) is 33.2 Å². The van der Waals surface area contributed by atoms with Crippen LogP contribution >= 0.6 is 22.6 Å². The zero-order valence-corrected chi connectivity index (χ0v) is 13.9. The Morgan fingerprint density at radius 2 is 2.20 bits per heavy atom. The van der Waals surface area contributed by atoms with Crippen molar-refractivity contribution in [1.82, 2.24) is 15.5 Å². The molecule has 2 unspecified atom stereocenters. The van der Waals surface area contributed by atoms with Gasteiger partial charge in [0.05, 0.1) is 6.20 Å². The van der Waals surface area contributed by atoms with Crippen LogP contribution in [0.25, 0.3) is 0 Å². The van der Waals surface area contributed by atoms with Gasteiger partial charge in [0.25, 0.3) is 0 Å². The molecule has 0 aliphatic heterocycles. The summed E-state index contributed by atoms with van der Waals surface area (Å²) in [6.07, 6.45) is 6.60. The number of hydrogen-bond donors (Lipinski definition) is 2. The Balaban J connectivity index is 1.51. The van der Waals surface area contributed by atoms with Crippen LogP contribution in [0.3, 0.4) is 0 Å². The maximum absolute atomic E-state index is 4.14. The van der Waals surface area contributed by atoms with Crippen molar-refractivity contribution in [2.75, 3.05) is 0 Å². The van der Waals surface area contributed by atoms with Crippen molar-refractivity contribution in [2.24, 2.45) is 0 Å². The lowest BCUT2D eigenvalue weighted by atomic mass is 10.0. The molecule has 2 aromatic rings. The monoisotopic (exact) mass is 381 g/mol. The molecule has 0 spiro atoms. The maximum atomic E-state index is 4.14. The Labute approximate surface area is 133 Å². The lowest BCUT2D eigenvalue weighted by molar-refractivity contribution is 0.433. The van der Waals surface area contributed by atoms with Crippen molar-refractivity contribution in [3.05, 3.63) is 50.9 Å². The minimum absolute atomic E-state index is 0.482. The molecular weight excluding hydrogens is 361 g/mol. The summed E-state index contributed by atoms with van der Waals surface area (Å²) < 4.78 is 1.30. The van der Waals surface area contributed by atoms with E-state index in [0.717, 1.165) is 12.8 Å². The van der Waals surface area contributed by atoms with Gasteiger partial charge in [0.15, 0.2) is 0 Å². The number of aromatic nitrogens is 2. The largest absolute Gasteiger partial charge is 0.307 e. The van der Waals surface area contributed by atoms with Crippen molar-refractivity contribution in [3.8, 4) is 0 Å². The highest BCUT2D eigenvalue weighted by molar-refractivity contribution is 14.1. The summed E-state index contributed by atoms with van der Waals surface area (Å²) in [7, 11) is 0. The van der Waals surface area contributed by atoms with E-state index in [9.17, 15) is 0 Å². The average Bonchev–Trinajstić information content (AvgIpc) is 3.03.